The molecule has 8 heteroatoms. The first-order chi connectivity index (χ1) is 9.70. The average molecular weight is 310 g/mol. The lowest BCUT2D eigenvalue weighted by Gasteiger charge is -2.16. The highest BCUT2D eigenvalue weighted by atomic mass is 32.2. The number of primary sulfonamides is 1. The van der Waals surface area contributed by atoms with E-state index in [2.05, 4.69) is 10.5 Å². The van der Waals surface area contributed by atoms with Crippen LogP contribution in [0.4, 0.5) is 11.4 Å². The molecule has 21 heavy (non-hydrogen) atoms. The zero-order valence-corrected chi connectivity index (χ0v) is 12.9. The molecule has 0 aliphatic carbocycles. The molecule has 2 rings (SSSR count). The van der Waals surface area contributed by atoms with Gasteiger partial charge in [-0.05, 0) is 39.0 Å². The van der Waals surface area contributed by atoms with Gasteiger partial charge in [0.2, 0.25) is 10.0 Å². The second kappa shape index (κ2) is 5.38. The number of anilines is 2. The molecule has 1 unspecified atom stereocenters. The topological polar surface area (TPSA) is 124 Å². The van der Waals surface area contributed by atoms with Crippen LogP contribution in [0.5, 0.6) is 0 Å². The van der Waals surface area contributed by atoms with E-state index in [1.807, 2.05) is 20.8 Å². The molecule has 114 valence electrons. The number of nitrogens with two attached hydrogens (primary N) is 2. The molecule has 0 amide bonds. The fourth-order valence-corrected chi connectivity index (χ4v) is 2.97. The van der Waals surface area contributed by atoms with Gasteiger partial charge in [0.1, 0.15) is 10.7 Å². The number of nitrogens with zero attached hydrogens (tertiary/aromatic N) is 1. The molecule has 1 aromatic carbocycles. The SMILES string of the molecule is Cc1noc(C)c1C(C)Nc1ccc(S(N)(=O)=O)c(N)c1. The van der Waals surface area contributed by atoms with Gasteiger partial charge in [0, 0.05) is 11.3 Å². The third kappa shape index (κ3) is 3.17. The van der Waals surface area contributed by atoms with Crippen molar-refractivity contribution in [3.63, 3.8) is 0 Å². The zero-order valence-electron chi connectivity index (χ0n) is 12.0. The number of sulfonamides is 1. The first-order valence-corrected chi connectivity index (χ1v) is 7.86. The predicted molar refractivity (Wildman–Crippen MR) is 80.2 cm³/mol. The minimum Gasteiger partial charge on any atom is -0.398 e. The van der Waals surface area contributed by atoms with Gasteiger partial charge in [0.25, 0.3) is 0 Å². The van der Waals surface area contributed by atoms with E-state index < -0.39 is 10.0 Å². The zero-order chi connectivity index (χ0) is 15.8. The molecule has 5 N–H and O–H groups in total. The van der Waals surface area contributed by atoms with Gasteiger partial charge in [0.15, 0.2) is 0 Å². The molecule has 0 spiro atoms. The Hall–Kier alpha value is -2.06. The molecule has 1 atom stereocenters. The van der Waals surface area contributed by atoms with Gasteiger partial charge in [-0.1, -0.05) is 5.16 Å². The molecule has 2 aromatic rings. The molecule has 1 aromatic heterocycles. The summed E-state index contributed by atoms with van der Waals surface area (Å²) in [7, 11) is -3.81. The molecule has 0 aliphatic rings. The number of nitrogen functional groups attached to an aromatic ring is 1. The molecule has 0 fully saturated rings. The fraction of sp³-hybridized carbons (Fsp3) is 0.308. The van der Waals surface area contributed by atoms with E-state index in [0.717, 1.165) is 17.0 Å². The minimum atomic E-state index is -3.81. The quantitative estimate of drug-likeness (QED) is 0.738. The van der Waals surface area contributed by atoms with E-state index in [1.54, 1.807) is 6.07 Å². The van der Waals surface area contributed by atoms with Crippen LogP contribution in [-0.4, -0.2) is 13.6 Å². The lowest BCUT2D eigenvalue weighted by atomic mass is 10.1. The summed E-state index contributed by atoms with van der Waals surface area (Å²) in [5.74, 6) is 0.738. The summed E-state index contributed by atoms with van der Waals surface area (Å²) in [6.07, 6.45) is 0. The van der Waals surface area contributed by atoms with Crippen molar-refractivity contribution in [3.05, 3.63) is 35.2 Å². The molecule has 0 radical (unpaired) electrons. The van der Waals surface area contributed by atoms with E-state index in [-0.39, 0.29) is 16.6 Å². The van der Waals surface area contributed by atoms with Crippen LogP contribution in [0.1, 0.15) is 30.0 Å². The summed E-state index contributed by atoms with van der Waals surface area (Å²) >= 11 is 0. The first kappa shape index (κ1) is 15.3. The van der Waals surface area contributed by atoms with E-state index >= 15 is 0 Å². The molecular weight excluding hydrogens is 292 g/mol. The third-order valence-corrected chi connectivity index (χ3v) is 4.21. The lowest BCUT2D eigenvalue weighted by molar-refractivity contribution is 0.392. The van der Waals surface area contributed by atoms with Crippen molar-refractivity contribution in [1.82, 2.24) is 5.16 Å². The molecule has 7 nitrogen and oxygen atoms in total. The van der Waals surface area contributed by atoms with E-state index in [4.69, 9.17) is 15.4 Å². The smallest absolute Gasteiger partial charge is 0.240 e. The van der Waals surface area contributed by atoms with E-state index in [1.165, 1.54) is 12.1 Å². The van der Waals surface area contributed by atoms with Gasteiger partial charge in [-0.25, -0.2) is 13.6 Å². The van der Waals surface area contributed by atoms with Gasteiger partial charge in [-0.15, -0.1) is 0 Å². The highest BCUT2D eigenvalue weighted by Gasteiger charge is 2.17. The number of benzene rings is 1. The maximum atomic E-state index is 11.3. The Morgan fingerprint density at radius 3 is 2.48 bits per heavy atom. The maximum Gasteiger partial charge on any atom is 0.240 e. The highest BCUT2D eigenvalue weighted by molar-refractivity contribution is 7.89. The van der Waals surface area contributed by atoms with Crippen molar-refractivity contribution in [1.29, 1.82) is 0 Å². The fourth-order valence-electron chi connectivity index (χ4n) is 2.33. The Morgan fingerprint density at radius 2 is 2.00 bits per heavy atom. The molecule has 0 saturated carbocycles. The van der Waals surface area contributed by atoms with Crippen LogP contribution >= 0.6 is 0 Å². The average Bonchev–Trinajstić information content (AvgIpc) is 2.67. The summed E-state index contributed by atoms with van der Waals surface area (Å²) in [6.45, 7) is 5.66. The van der Waals surface area contributed by atoms with Crippen LogP contribution in [0.25, 0.3) is 0 Å². The first-order valence-electron chi connectivity index (χ1n) is 6.31. The van der Waals surface area contributed by atoms with E-state index in [0.29, 0.717) is 5.69 Å². The Kier molecular flexibility index (Phi) is 3.93. The van der Waals surface area contributed by atoms with Crippen LogP contribution in [0.15, 0.2) is 27.6 Å². The second-order valence-electron chi connectivity index (χ2n) is 4.90. The van der Waals surface area contributed by atoms with Crippen LogP contribution in [0.3, 0.4) is 0 Å². The van der Waals surface area contributed by atoms with Crippen LogP contribution in [0, 0.1) is 13.8 Å². The second-order valence-corrected chi connectivity index (χ2v) is 6.43. The van der Waals surface area contributed by atoms with Gasteiger partial charge in [0.05, 0.1) is 17.4 Å². The molecule has 0 aliphatic heterocycles. The highest BCUT2D eigenvalue weighted by Crippen LogP contribution is 2.27. The van der Waals surface area contributed by atoms with Gasteiger partial charge < -0.3 is 15.6 Å². The Labute approximate surface area is 123 Å². The monoisotopic (exact) mass is 310 g/mol. The Balaban J connectivity index is 2.27. The maximum absolute atomic E-state index is 11.3. The Morgan fingerprint density at radius 1 is 1.33 bits per heavy atom. The Bertz CT molecular complexity index is 748. The summed E-state index contributed by atoms with van der Waals surface area (Å²) in [5, 5.41) is 12.2. The summed E-state index contributed by atoms with van der Waals surface area (Å²) in [6, 6.07) is 4.47. The van der Waals surface area contributed by atoms with Crippen molar-refractivity contribution < 1.29 is 12.9 Å². The third-order valence-electron chi connectivity index (χ3n) is 3.22. The van der Waals surface area contributed by atoms with Gasteiger partial charge >= 0.3 is 0 Å². The summed E-state index contributed by atoms with van der Waals surface area (Å²) in [5.41, 5.74) is 8.29. The van der Waals surface area contributed by atoms with E-state index in [9.17, 15) is 8.42 Å². The molecule has 0 bridgehead atoms. The molecule has 1 heterocycles. The number of nitrogens with one attached hydrogen (secondary N) is 1. The summed E-state index contributed by atoms with van der Waals surface area (Å²) < 4.78 is 27.8. The van der Waals surface area contributed by atoms with Crippen molar-refractivity contribution >= 4 is 21.4 Å². The van der Waals surface area contributed by atoms with Crippen LogP contribution in [0.2, 0.25) is 0 Å². The van der Waals surface area contributed by atoms with Crippen molar-refractivity contribution in [2.24, 2.45) is 5.14 Å². The normalized spacial score (nSPS) is 13.1. The van der Waals surface area contributed by atoms with Gasteiger partial charge in [-0.2, -0.15) is 0 Å². The summed E-state index contributed by atoms with van der Waals surface area (Å²) in [4.78, 5) is -0.0851. The number of hydrogen-bond donors (Lipinski definition) is 3. The van der Waals surface area contributed by atoms with Crippen molar-refractivity contribution in [3.8, 4) is 0 Å². The molecule has 0 saturated heterocycles. The number of rotatable bonds is 4. The van der Waals surface area contributed by atoms with Crippen molar-refractivity contribution in [2.75, 3.05) is 11.1 Å². The standard InChI is InChI=1S/C13H18N4O3S/c1-7(13-8(2)17-20-9(13)3)16-10-4-5-12(11(14)6-10)21(15,18)19/h4-7,16H,14H2,1-3H3,(H2,15,18,19). The lowest BCUT2D eigenvalue weighted by Crippen LogP contribution is -2.15. The predicted octanol–water partition coefficient (Wildman–Crippen LogP) is 1.69. The minimum absolute atomic E-state index is 0.0593. The number of aryl methyl sites for hydroxylation is 2. The van der Waals surface area contributed by atoms with Crippen molar-refractivity contribution in [2.45, 2.75) is 31.7 Å². The van der Waals surface area contributed by atoms with Gasteiger partial charge in [-0.3, -0.25) is 0 Å². The van der Waals surface area contributed by atoms with Crippen LogP contribution < -0.4 is 16.2 Å². The molecular formula is C13H18N4O3S. The number of aromatic nitrogens is 1. The largest absolute Gasteiger partial charge is 0.398 e. The van der Waals surface area contributed by atoms with Crippen LogP contribution in [-0.2, 0) is 10.0 Å². The number of hydrogen-bond acceptors (Lipinski definition) is 6.